The van der Waals surface area contributed by atoms with E-state index in [1.54, 1.807) is 6.92 Å². The molecule has 1 N–H and O–H groups in total. The molecule has 4 rings (SSSR count). The van der Waals surface area contributed by atoms with Gasteiger partial charge in [0.25, 0.3) is 11.6 Å². The molecule has 0 aliphatic rings. The first-order chi connectivity index (χ1) is 16.7. The van der Waals surface area contributed by atoms with Gasteiger partial charge in [0, 0.05) is 17.7 Å². The SMILES string of the molecule is Cc1ccc(-c2c(NC(=O)c3cccc([N+](=O)[O-])c3)n(-c3ccc(C)c(C)c3)nc(C)c2=O)cc1. The number of nitro groups is 1. The number of carbonyl (C=O) groups is 1. The van der Waals surface area contributed by atoms with Crippen LogP contribution in [0.15, 0.2) is 71.5 Å². The predicted octanol–water partition coefficient (Wildman–Crippen LogP) is 5.29. The molecule has 0 saturated heterocycles. The lowest BCUT2D eigenvalue weighted by molar-refractivity contribution is -0.384. The number of aromatic nitrogens is 2. The summed E-state index contributed by atoms with van der Waals surface area (Å²) in [4.78, 5) is 37.2. The van der Waals surface area contributed by atoms with E-state index in [1.807, 2.05) is 63.2 Å². The van der Waals surface area contributed by atoms with Crippen LogP contribution in [0.5, 0.6) is 0 Å². The highest BCUT2D eigenvalue weighted by Gasteiger charge is 2.22. The van der Waals surface area contributed by atoms with Crippen molar-refractivity contribution in [3.63, 3.8) is 0 Å². The van der Waals surface area contributed by atoms with Crippen molar-refractivity contribution in [2.45, 2.75) is 27.7 Å². The quantitative estimate of drug-likeness (QED) is 0.316. The van der Waals surface area contributed by atoms with Gasteiger partial charge in [0.15, 0.2) is 0 Å². The van der Waals surface area contributed by atoms with Gasteiger partial charge in [-0.05, 0) is 62.6 Å². The fraction of sp³-hybridized carbons (Fsp3) is 0.148. The molecular weight excluding hydrogens is 444 g/mol. The zero-order valence-electron chi connectivity index (χ0n) is 19.8. The van der Waals surface area contributed by atoms with Crippen molar-refractivity contribution >= 4 is 17.4 Å². The number of aryl methyl sites for hydroxylation is 4. The summed E-state index contributed by atoms with van der Waals surface area (Å²) in [5, 5.41) is 18.5. The lowest BCUT2D eigenvalue weighted by Gasteiger charge is -2.19. The second-order valence-electron chi connectivity index (χ2n) is 8.45. The normalized spacial score (nSPS) is 10.7. The zero-order chi connectivity index (χ0) is 25.3. The monoisotopic (exact) mass is 468 g/mol. The van der Waals surface area contributed by atoms with Gasteiger partial charge in [-0.2, -0.15) is 5.10 Å². The summed E-state index contributed by atoms with van der Waals surface area (Å²) in [6.45, 7) is 7.53. The highest BCUT2D eigenvalue weighted by Crippen LogP contribution is 2.29. The van der Waals surface area contributed by atoms with E-state index in [9.17, 15) is 19.7 Å². The number of nitro benzene ring substituents is 1. The van der Waals surface area contributed by atoms with Crippen LogP contribution in [0.3, 0.4) is 0 Å². The smallest absolute Gasteiger partial charge is 0.270 e. The number of hydrogen-bond donors (Lipinski definition) is 1. The summed E-state index contributed by atoms with van der Waals surface area (Å²) in [6.07, 6.45) is 0. The Bertz CT molecular complexity index is 1520. The number of hydrogen-bond acceptors (Lipinski definition) is 5. The van der Waals surface area contributed by atoms with Gasteiger partial charge in [-0.15, -0.1) is 0 Å². The number of anilines is 1. The number of carbonyl (C=O) groups excluding carboxylic acids is 1. The first-order valence-electron chi connectivity index (χ1n) is 11.0. The van der Waals surface area contributed by atoms with Crippen molar-refractivity contribution < 1.29 is 9.72 Å². The summed E-state index contributed by atoms with van der Waals surface area (Å²) in [7, 11) is 0. The Labute approximate surface area is 202 Å². The van der Waals surface area contributed by atoms with Crippen LogP contribution in [0.2, 0.25) is 0 Å². The molecule has 1 aromatic heterocycles. The van der Waals surface area contributed by atoms with Crippen molar-refractivity contribution in [2.24, 2.45) is 0 Å². The largest absolute Gasteiger partial charge is 0.306 e. The molecule has 0 radical (unpaired) electrons. The first kappa shape index (κ1) is 23.6. The summed E-state index contributed by atoms with van der Waals surface area (Å²) < 4.78 is 1.54. The van der Waals surface area contributed by atoms with E-state index in [0.29, 0.717) is 11.3 Å². The van der Waals surface area contributed by atoms with Crippen molar-refractivity contribution in [1.29, 1.82) is 0 Å². The third-order valence-corrected chi connectivity index (χ3v) is 5.88. The van der Waals surface area contributed by atoms with E-state index < -0.39 is 10.8 Å². The van der Waals surface area contributed by atoms with E-state index in [1.165, 1.54) is 28.9 Å². The maximum Gasteiger partial charge on any atom is 0.270 e. The third kappa shape index (κ3) is 4.72. The van der Waals surface area contributed by atoms with Crippen LogP contribution < -0.4 is 10.7 Å². The molecule has 8 nitrogen and oxygen atoms in total. The molecule has 1 amide bonds. The average Bonchev–Trinajstić information content (AvgIpc) is 2.84. The number of nitrogens with one attached hydrogen (secondary N) is 1. The van der Waals surface area contributed by atoms with Gasteiger partial charge in [0.1, 0.15) is 11.5 Å². The second kappa shape index (κ2) is 9.34. The summed E-state index contributed by atoms with van der Waals surface area (Å²) in [6, 6.07) is 18.6. The standard InChI is InChI=1S/C27H24N4O4/c1-16-8-11-20(12-9-16)24-25(32)19(4)29-30(22-13-10-17(2)18(3)14-22)26(24)28-27(33)21-6-5-7-23(15-21)31(34)35/h5-15H,1-4H3,(H,28,33). The zero-order valence-corrected chi connectivity index (χ0v) is 19.8. The third-order valence-electron chi connectivity index (χ3n) is 5.88. The molecule has 0 atom stereocenters. The minimum Gasteiger partial charge on any atom is -0.306 e. The van der Waals surface area contributed by atoms with Gasteiger partial charge in [-0.25, -0.2) is 4.68 Å². The lowest BCUT2D eigenvalue weighted by Crippen LogP contribution is -2.25. The van der Waals surface area contributed by atoms with Crippen molar-refractivity contribution in [1.82, 2.24) is 9.78 Å². The number of benzene rings is 3. The van der Waals surface area contributed by atoms with Gasteiger partial charge in [-0.3, -0.25) is 19.7 Å². The van der Waals surface area contributed by atoms with Crippen LogP contribution in [0, 0.1) is 37.8 Å². The molecule has 176 valence electrons. The summed E-state index contributed by atoms with van der Waals surface area (Å²) in [5.41, 5.74) is 4.55. The molecule has 0 spiro atoms. The molecule has 0 saturated carbocycles. The number of non-ortho nitro benzene ring substituents is 1. The molecule has 4 aromatic rings. The minimum atomic E-state index is -0.593. The van der Waals surface area contributed by atoms with Gasteiger partial charge in [0.05, 0.1) is 16.2 Å². The Morgan fingerprint density at radius 3 is 2.31 bits per heavy atom. The average molecular weight is 469 g/mol. The molecule has 1 heterocycles. The Kier molecular flexibility index (Phi) is 6.29. The Hall–Kier alpha value is -4.59. The molecule has 0 aliphatic carbocycles. The molecule has 3 aromatic carbocycles. The summed E-state index contributed by atoms with van der Waals surface area (Å²) in [5.74, 6) is -0.408. The van der Waals surface area contributed by atoms with Crippen LogP contribution in [-0.4, -0.2) is 20.6 Å². The number of nitrogens with zero attached hydrogens (tertiary/aromatic N) is 3. The molecule has 35 heavy (non-hydrogen) atoms. The van der Waals surface area contributed by atoms with E-state index in [4.69, 9.17) is 0 Å². The van der Waals surface area contributed by atoms with Crippen LogP contribution in [0.1, 0.15) is 32.7 Å². The molecule has 0 aliphatic heterocycles. The summed E-state index contributed by atoms with van der Waals surface area (Å²) >= 11 is 0. The Balaban J connectivity index is 1.95. The molecule has 8 heteroatoms. The number of rotatable bonds is 5. The molecule has 0 bridgehead atoms. The second-order valence-corrected chi connectivity index (χ2v) is 8.45. The van der Waals surface area contributed by atoms with Crippen molar-refractivity contribution in [3.05, 3.63) is 115 Å². The van der Waals surface area contributed by atoms with Gasteiger partial charge in [-0.1, -0.05) is 42.0 Å². The highest BCUT2D eigenvalue weighted by atomic mass is 16.6. The highest BCUT2D eigenvalue weighted by molar-refractivity contribution is 6.06. The van der Waals surface area contributed by atoms with Crippen molar-refractivity contribution in [3.8, 4) is 16.8 Å². The fourth-order valence-electron chi connectivity index (χ4n) is 3.73. The fourth-order valence-corrected chi connectivity index (χ4v) is 3.73. The molecule has 0 fully saturated rings. The van der Waals surface area contributed by atoms with Gasteiger partial charge >= 0.3 is 0 Å². The van der Waals surface area contributed by atoms with Crippen LogP contribution in [-0.2, 0) is 0 Å². The van der Waals surface area contributed by atoms with Crippen LogP contribution >= 0.6 is 0 Å². The Morgan fingerprint density at radius 2 is 1.66 bits per heavy atom. The maximum absolute atomic E-state index is 13.3. The van der Waals surface area contributed by atoms with Crippen LogP contribution in [0.25, 0.3) is 16.8 Å². The first-order valence-corrected chi connectivity index (χ1v) is 11.0. The van der Waals surface area contributed by atoms with Crippen LogP contribution in [0.4, 0.5) is 11.5 Å². The van der Waals surface area contributed by atoms with Gasteiger partial charge in [0.2, 0.25) is 5.43 Å². The van der Waals surface area contributed by atoms with Gasteiger partial charge < -0.3 is 5.32 Å². The van der Waals surface area contributed by atoms with Crippen molar-refractivity contribution in [2.75, 3.05) is 5.32 Å². The predicted molar refractivity (Wildman–Crippen MR) is 135 cm³/mol. The van der Waals surface area contributed by atoms with E-state index in [2.05, 4.69) is 10.4 Å². The molecule has 0 unspecified atom stereocenters. The minimum absolute atomic E-state index is 0.0914. The maximum atomic E-state index is 13.3. The van der Waals surface area contributed by atoms with E-state index in [0.717, 1.165) is 16.7 Å². The Morgan fingerprint density at radius 1 is 0.943 bits per heavy atom. The molecular formula is C27H24N4O4. The number of amides is 1. The topological polar surface area (TPSA) is 107 Å². The van der Waals surface area contributed by atoms with E-state index in [-0.39, 0.29) is 33.8 Å². The van der Waals surface area contributed by atoms with E-state index >= 15 is 0 Å². The lowest BCUT2D eigenvalue weighted by atomic mass is 10.0.